The molecule has 0 aliphatic carbocycles. The van der Waals surface area contributed by atoms with Crippen molar-refractivity contribution in [3.63, 3.8) is 0 Å². The molecular weight excluding hydrogens is 472 g/mol. The molecule has 38 heavy (non-hydrogen) atoms. The topological polar surface area (TPSA) is 82.2 Å². The van der Waals surface area contributed by atoms with Crippen LogP contribution in [0, 0.1) is 0 Å². The van der Waals surface area contributed by atoms with Gasteiger partial charge in [0.1, 0.15) is 6.04 Å². The number of amides is 1. The van der Waals surface area contributed by atoms with Gasteiger partial charge in [-0.1, -0.05) is 93.0 Å². The maximum absolute atomic E-state index is 12.3. The van der Waals surface area contributed by atoms with Gasteiger partial charge in [0.15, 0.2) is 0 Å². The maximum atomic E-state index is 12.3. The van der Waals surface area contributed by atoms with Crippen LogP contribution in [0.15, 0.2) is 79.1 Å². The average molecular weight is 519 g/mol. The number of hydrogen-bond acceptors (Lipinski definition) is 2. The van der Waals surface area contributed by atoms with Crippen LogP contribution in [0.1, 0.15) is 89.5 Å². The summed E-state index contributed by atoms with van der Waals surface area (Å²) in [6.45, 7) is 2.23. The number of carboxylic acids is 1. The van der Waals surface area contributed by atoms with E-state index >= 15 is 0 Å². The van der Waals surface area contributed by atoms with Gasteiger partial charge in [-0.25, -0.2) is 4.79 Å². The second-order valence-corrected chi connectivity index (χ2v) is 9.71. The molecule has 5 nitrogen and oxygen atoms in total. The number of allylic oxidation sites excluding steroid dienone is 8. The quantitative estimate of drug-likeness (QED) is 0.122. The number of carboxylic acid groups (broad SMARTS) is 1. The molecule has 0 bridgehead atoms. The maximum Gasteiger partial charge on any atom is 0.326 e. The molecule has 1 aromatic heterocycles. The summed E-state index contributed by atoms with van der Waals surface area (Å²) in [5.41, 5.74) is 1.86. The number of rotatable bonds is 20. The highest BCUT2D eigenvalue weighted by atomic mass is 16.4. The lowest BCUT2D eigenvalue weighted by atomic mass is 10.0. The number of carbonyl (C=O) groups excluding carboxylic acids is 1. The number of aromatic nitrogens is 1. The zero-order valence-electron chi connectivity index (χ0n) is 23.0. The molecular formula is C33H46N2O3. The van der Waals surface area contributed by atoms with Crippen molar-refractivity contribution >= 4 is 22.8 Å². The van der Waals surface area contributed by atoms with Gasteiger partial charge in [0.25, 0.3) is 0 Å². The lowest BCUT2D eigenvalue weighted by Crippen LogP contribution is -2.42. The molecule has 2 aromatic rings. The Morgan fingerprint density at radius 3 is 2.08 bits per heavy atom. The summed E-state index contributed by atoms with van der Waals surface area (Å²) in [6, 6.07) is 6.84. The number of H-pyrrole nitrogens is 1. The predicted molar refractivity (Wildman–Crippen MR) is 159 cm³/mol. The molecule has 0 saturated heterocycles. The van der Waals surface area contributed by atoms with Crippen LogP contribution >= 0.6 is 0 Å². The van der Waals surface area contributed by atoms with Crippen LogP contribution < -0.4 is 5.32 Å². The number of aliphatic carboxylic acids is 1. The number of hydrogen-bond donors (Lipinski definition) is 3. The predicted octanol–water partition coefficient (Wildman–Crippen LogP) is 8.21. The van der Waals surface area contributed by atoms with E-state index in [2.05, 4.69) is 65.8 Å². The lowest BCUT2D eigenvalue weighted by Gasteiger charge is -2.14. The van der Waals surface area contributed by atoms with Crippen LogP contribution in [-0.2, 0) is 16.0 Å². The van der Waals surface area contributed by atoms with Crippen molar-refractivity contribution in [1.82, 2.24) is 10.3 Å². The first-order valence-corrected chi connectivity index (χ1v) is 14.3. The van der Waals surface area contributed by atoms with Gasteiger partial charge in [-0.3, -0.25) is 4.79 Å². The molecule has 0 unspecified atom stereocenters. The Kier molecular flexibility index (Phi) is 16.0. The van der Waals surface area contributed by atoms with Crippen LogP contribution in [0.25, 0.3) is 10.9 Å². The fraction of sp³-hybridized carbons (Fsp3) is 0.455. The molecule has 1 amide bonds. The van der Waals surface area contributed by atoms with E-state index in [1.165, 1.54) is 25.7 Å². The fourth-order valence-corrected chi connectivity index (χ4v) is 4.27. The van der Waals surface area contributed by atoms with Crippen LogP contribution in [0.5, 0.6) is 0 Å². The molecule has 5 heteroatoms. The molecule has 206 valence electrons. The van der Waals surface area contributed by atoms with Crippen molar-refractivity contribution in [2.45, 2.75) is 96.4 Å². The molecule has 3 N–H and O–H groups in total. The first kappa shape index (κ1) is 30.9. The van der Waals surface area contributed by atoms with Crippen LogP contribution in [0.2, 0.25) is 0 Å². The largest absolute Gasteiger partial charge is 0.480 e. The second-order valence-electron chi connectivity index (χ2n) is 9.71. The van der Waals surface area contributed by atoms with Crippen molar-refractivity contribution in [2.24, 2.45) is 0 Å². The normalized spacial score (nSPS) is 13.0. The highest BCUT2D eigenvalue weighted by Gasteiger charge is 2.21. The summed E-state index contributed by atoms with van der Waals surface area (Å²) in [6.07, 6.45) is 32.0. The van der Waals surface area contributed by atoms with Crippen molar-refractivity contribution in [2.75, 3.05) is 0 Å². The highest BCUT2D eigenvalue weighted by molar-refractivity contribution is 5.86. The van der Waals surface area contributed by atoms with Gasteiger partial charge in [-0.2, -0.15) is 0 Å². The number of fused-ring (bicyclic) bond motifs is 1. The first-order chi connectivity index (χ1) is 18.6. The van der Waals surface area contributed by atoms with Gasteiger partial charge in [0.05, 0.1) is 0 Å². The Morgan fingerprint density at radius 2 is 1.45 bits per heavy atom. The summed E-state index contributed by atoms with van der Waals surface area (Å²) >= 11 is 0. The molecule has 0 spiro atoms. The number of carbonyl (C=O) groups is 2. The van der Waals surface area contributed by atoms with Crippen molar-refractivity contribution in [3.05, 3.63) is 84.6 Å². The Balaban J connectivity index is 1.51. The monoisotopic (exact) mass is 518 g/mol. The van der Waals surface area contributed by atoms with Crippen LogP contribution in [0.4, 0.5) is 0 Å². The van der Waals surface area contributed by atoms with Crippen molar-refractivity contribution in [1.29, 1.82) is 0 Å². The average Bonchev–Trinajstić information content (AvgIpc) is 3.32. The molecule has 0 aliphatic heterocycles. The van der Waals surface area contributed by atoms with E-state index in [-0.39, 0.29) is 12.3 Å². The Labute approximate surface area is 228 Å². The van der Waals surface area contributed by atoms with E-state index in [0.717, 1.165) is 61.4 Å². The third-order valence-corrected chi connectivity index (χ3v) is 6.46. The minimum absolute atomic E-state index is 0.199. The zero-order chi connectivity index (χ0) is 27.3. The molecule has 2 rings (SSSR count). The van der Waals surface area contributed by atoms with Crippen LogP contribution in [0.3, 0.4) is 0 Å². The van der Waals surface area contributed by atoms with Gasteiger partial charge >= 0.3 is 5.97 Å². The summed E-state index contributed by atoms with van der Waals surface area (Å²) < 4.78 is 0. The number of benzene rings is 1. The summed E-state index contributed by atoms with van der Waals surface area (Å²) in [4.78, 5) is 27.2. The molecule has 0 aliphatic rings. The number of nitrogens with one attached hydrogen (secondary N) is 2. The Bertz CT molecular complexity index is 1060. The van der Waals surface area contributed by atoms with Gasteiger partial charge in [-0.05, 0) is 63.0 Å². The van der Waals surface area contributed by atoms with E-state index < -0.39 is 12.0 Å². The highest BCUT2D eigenvalue weighted by Crippen LogP contribution is 2.19. The fourth-order valence-electron chi connectivity index (χ4n) is 4.27. The Morgan fingerprint density at radius 1 is 0.842 bits per heavy atom. The number of para-hydroxylation sites is 1. The molecule has 0 radical (unpaired) electrons. The van der Waals surface area contributed by atoms with E-state index in [4.69, 9.17) is 0 Å². The summed E-state index contributed by atoms with van der Waals surface area (Å²) in [5, 5.41) is 13.3. The van der Waals surface area contributed by atoms with Gasteiger partial charge in [0.2, 0.25) is 5.91 Å². The molecule has 0 fully saturated rings. The minimum Gasteiger partial charge on any atom is -0.480 e. The minimum atomic E-state index is -1.01. The SMILES string of the molecule is CCCCC/C=C\C/C=C\C/C=C\C/C=C\CCCCCC(=O)N[C@@H](Cc1c[nH]c2ccccc12)C(=O)O. The number of aromatic amines is 1. The third kappa shape index (κ3) is 13.3. The van der Waals surface area contributed by atoms with E-state index in [9.17, 15) is 14.7 Å². The first-order valence-electron chi connectivity index (χ1n) is 14.3. The van der Waals surface area contributed by atoms with Gasteiger partial charge in [0, 0.05) is 29.9 Å². The second kappa shape index (κ2) is 19.7. The summed E-state index contributed by atoms with van der Waals surface area (Å²) in [7, 11) is 0. The molecule has 0 saturated carbocycles. The summed E-state index contributed by atoms with van der Waals surface area (Å²) in [5.74, 6) is -1.21. The van der Waals surface area contributed by atoms with E-state index in [1.807, 2.05) is 30.5 Å². The van der Waals surface area contributed by atoms with Gasteiger partial charge < -0.3 is 15.4 Å². The molecule has 1 heterocycles. The lowest BCUT2D eigenvalue weighted by molar-refractivity contribution is -0.141. The van der Waals surface area contributed by atoms with Crippen molar-refractivity contribution in [3.8, 4) is 0 Å². The van der Waals surface area contributed by atoms with E-state index in [0.29, 0.717) is 6.42 Å². The van der Waals surface area contributed by atoms with Crippen LogP contribution in [-0.4, -0.2) is 28.0 Å². The van der Waals surface area contributed by atoms with Gasteiger partial charge in [-0.15, -0.1) is 0 Å². The Hall–Kier alpha value is -3.34. The van der Waals surface area contributed by atoms with E-state index in [1.54, 1.807) is 0 Å². The smallest absolute Gasteiger partial charge is 0.326 e. The molecule has 1 aromatic carbocycles. The third-order valence-electron chi connectivity index (χ3n) is 6.46. The standard InChI is InChI=1S/C33H46N2O3/c1-2-3-4-5-6-7-8-9-10-11-12-13-14-15-16-17-18-19-20-25-32(36)35-31(33(37)38)26-28-27-34-30-24-22-21-23-29(28)30/h6-7,9-10,12-13,15-16,21-24,27,31,34H,2-5,8,11,14,17-20,25-26H2,1H3,(H,35,36)(H,37,38)/b7-6-,10-9-,13-12-,16-15-/t31-/m0/s1. The molecule has 1 atom stereocenters. The number of unbranched alkanes of at least 4 members (excludes halogenated alkanes) is 6. The van der Waals surface area contributed by atoms with Crippen molar-refractivity contribution < 1.29 is 14.7 Å². The zero-order valence-corrected chi connectivity index (χ0v) is 23.0.